The minimum Gasteiger partial charge on any atom is -0.475 e. The molecule has 0 aliphatic rings. The Hall–Kier alpha value is -2.58. The number of thioether (sulfide) groups is 1. The third-order valence-electron chi connectivity index (χ3n) is 3.69. The van der Waals surface area contributed by atoms with Crippen LogP contribution in [0.5, 0.6) is 5.88 Å². The number of amides is 2. The number of hydrogen-bond acceptors (Lipinski definition) is 6. The number of carbonyl (C=O) groups excluding carboxylic acids is 2. The SMILES string of the molecule is COCCOc1ncccc1CNC(=O)C(C)Sc1ccc(NC(C)=O)cc1. The molecule has 1 atom stereocenters. The molecule has 0 radical (unpaired) electrons. The standard InChI is InChI=1S/C20H25N3O4S/c1-14(28-18-8-6-17(7-9-18)23-15(2)24)19(25)22-13-16-5-4-10-21-20(16)27-12-11-26-3/h4-10,14H,11-13H2,1-3H3,(H,22,25)(H,23,24). The van der Waals surface area contributed by atoms with Crippen LogP contribution in [-0.2, 0) is 20.9 Å². The summed E-state index contributed by atoms with van der Waals surface area (Å²) in [5.41, 5.74) is 1.54. The molecule has 2 aromatic rings. The molecule has 2 N–H and O–H groups in total. The van der Waals surface area contributed by atoms with Gasteiger partial charge in [0.15, 0.2) is 0 Å². The lowest BCUT2D eigenvalue weighted by Gasteiger charge is -2.14. The molecular weight excluding hydrogens is 378 g/mol. The van der Waals surface area contributed by atoms with Gasteiger partial charge in [0.05, 0.1) is 11.9 Å². The van der Waals surface area contributed by atoms with Crippen molar-refractivity contribution in [2.75, 3.05) is 25.6 Å². The smallest absolute Gasteiger partial charge is 0.233 e. The molecular formula is C20H25N3O4S. The van der Waals surface area contributed by atoms with E-state index in [1.54, 1.807) is 19.4 Å². The lowest BCUT2D eigenvalue weighted by molar-refractivity contribution is -0.120. The van der Waals surface area contributed by atoms with Crippen molar-refractivity contribution in [3.63, 3.8) is 0 Å². The molecule has 1 heterocycles. The van der Waals surface area contributed by atoms with Crippen LogP contribution in [0.15, 0.2) is 47.5 Å². The van der Waals surface area contributed by atoms with Crippen LogP contribution in [0.4, 0.5) is 5.69 Å². The maximum atomic E-state index is 12.4. The molecule has 2 rings (SSSR count). The van der Waals surface area contributed by atoms with Crippen molar-refractivity contribution in [1.29, 1.82) is 0 Å². The van der Waals surface area contributed by atoms with Crippen molar-refractivity contribution in [1.82, 2.24) is 10.3 Å². The van der Waals surface area contributed by atoms with Gasteiger partial charge in [-0.2, -0.15) is 0 Å². The van der Waals surface area contributed by atoms with Gasteiger partial charge in [0.1, 0.15) is 6.61 Å². The van der Waals surface area contributed by atoms with Crippen molar-refractivity contribution in [2.24, 2.45) is 0 Å². The second-order valence-corrected chi connectivity index (χ2v) is 7.41. The number of ether oxygens (including phenoxy) is 2. The summed E-state index contributed by atoms with van der Waals surface area (Å²) in [6, 6.07) is 11.1. The molecule has 150 valence electrons. The van der Waals surface area contributed by atoms with Crippen LogP contribution < -0.4 is 15.4 Å². The Morgan fingerprint density at radius 1 is 1.18 bits per heavy atom. The Kier molecular flexibility index (Phi) is 8.77. The van der Waals surface area contributed by atoms with E-state index in [1.165, 1.54) is 18.7 Å². The predicted molar refractivity (Wildman–Crippen MR) is 110 cm³/mol. The largest absolute Gasteiger partial charge is 0.475 e. The van der Waals surface area contributed by atoms with Gasteiger partial charge in [0.25, 0.3) is 0 Å². The van der Waals surface area contributed by atoms with E-state index in [-0.39, 0.29) is 17.1 Å². The van der Waals surface area contributed by atoms with Gasteiger partial charge in [-0.1, -0.05) is 6.07 Å². The summed E-state index contributed by atoms with van der Waals surface area (Å²) in [6.45, 7) is 4.51. The van der Waals surface area contributed by atoms with Crippen LogP contribution in [0.2, 0.25) is 0 Å². The van der Waals surface area contributed by atoms with Crippen LogP contribution >= 0.6 is 11.8 Å². The maximum Gasteiger partial charge on any atom is 0.233 e. The summed E-state index contributed by atoms with van der Waals surface area (Å²) >= 11 is 1.45. The van der Waals surface area contributed by atoms with E-state index in [1.807, 2.05) is 37.3 Å². The fraction of sp³-hybridized carbons (Fsp3) is 0.350. The van der Waals surface area contributed by atoms with E-state index in [9.17, 15) is 9.59 Å². The fourth-order valence-corrected chi connectivity index (χ4v) is 3.21. The number of pyridine rings is 1. The summed E-state index contributed by atoms with van der Waals surface area (Å²) < 4.78 is 10.6. The first-order valence-electron chi connectivity index (χ1n) is 8.87. The Morgan fingerprint density at radius 3 is 2.61 bits per heavy atom. The zero-order chi connectivity index (χ0) is 20.4. The second-order valence-electron chi connectivity index (χ2n) is 5.99. The number of anilines is 1. The van der Waals surface area contributed by atoms with Gasteiger partial charge in [-0.25, -0.2) is 4.98 Å². The highest BCUT2D eigenvalue weighted by Crippen LogP contribution is 2.25. The first-order valence-corrected chi connectivity index (χ1v) is 9.75. The molecule has 0 saturated carbocycles. The number of carbonyl (C=O) groups is 2. The highest BCUT2D eigenvalue weighted by molar-refractivity contribution is 8.00. The lowest BCUT2D eigenvalue weighted by atomic mass is 10.2. The Labute approximate surface area is 169 Å². The van der Waals surface area contributed by atoms with Gasteiger partial charge in [0, 0.05) is 42.9 Å². The Bertz CT molecular complexity index is 783. The average Bonchev–Trinajstić information content (AvgIpc) is 2.68. The second kappa shape index (κ2) is 11.3. The zero-order valence-electron chi connectivity index (χ0n) is 16.2. The Morgan fingerprint density at radius 2 is 1.93 bits per heavy atom. The average molecular weight is 404 g/mol. The molecule has 1 aromatic carbocycles. The monoisotopic (exact) mass is 403 g/mol. The first kappa shape index (κ1) is 21.7. The number of aromatic nitrogens is 1. The van der Waals surface area contributed by atoms with Crippen LogP contribution in [0, 0.1) is 0 Å². The van der Waals surface area contributed by atoms with Crippen molar-refractivity contribution < 1.29 is 19.1 Å². The third kappa shape index (κ3) is 7.21. The minimum absolute atomic E-state index is 0.0809. The fourth-order valence-electron chi connectivity index (χ4n) is 2.31. The normalized spacial score (nSPS) is 11.5. The van der Waals surface area contributed by atoms with E-state index in [4.69, 9.17) is 9.47 Å². The zero-order valence-corrected chi connectivity index (χ0v) is 17.0. The number of nitrogens with zero attached hydrogens (tertiary/aromatic N) is 1. The molecule has 0 spiro atoms. The quantitative estimate of drug-likeness (QED) is 0.468. The van der Waals surface area contributed by atoms with Crippen LogP contribution in [0.1, 0.15) is 19.4 Å². The summed E-state index contributed by atoms with van der Waals surface area (Å²) in [7, 11) is 1.61. The van der Waals surface area contributed by atoms with Gasteiger partial charge in [-0.15, -0.1) is 11.8 Å². The van der Waals surface area contributed by atoms with Crippen LogP contribution in [-0.4, -0.2) is 42.4 Å². The number of benzene rings is 1. The molecule has 7 nitrogen and oxygen atoms in total. The van der Waals surface area contributed by atoms with E-state index in [0.29, 0.717) is 25.6 Å². The Balaban J connectivity index is 1.86. The van der Waals surface area contributed by atoms with E-state index in [0.717, 1.165) is 16.1 Å². The summed E-state index contributed by atoms with van der Waals surface area (Å²) in [5.74, 6) is 0.297. The van der Waals surface area contributed by atoms with Gasteiger partial charge in [-0.3, -0.25) is 9.59 Å². The minimum atomic E-state index is -0.277. The van der Waals surface area contributed by atoms with E-state index >= 15 is 0 Å². The van der Waals surface area contributed by atoms with Crippen LogP contribution in [0.25, 0.3) is 0 Å². The number of rotatable bonds is 10. The summed E-state index contributed by atoms with van der Waals surface area (Å²) in [4.78, 5) is 28.6. The summed E-state index contributed by atoms with van der Waals surface area (Å²) in [5, 5.41) is 5.36. The van der Waals surface area contributed by atoms with Crippen molar-refractivity contribution >= 4 is 29.3 Å². The van der Waals surface area contributed by atoms with Gasteiger partial charge in [0.2, 0.25) is 17.7 Å². The number of nitrogens with one attached hydrogen (secondary N) is 2. The molecule has 0 aliphatic carbocycles. The lowest BCUT2D eigenvalue weighted by Crippen LogP contribution is -2.30. The van der Waals surface area contributed by atoms with Crippen LogP contribution in [0.3, 0.4) is 0 Å². The molecule has 1 aromatic heterocycles. The number of hydrogen-bond donors (Lipinski definition) is 2. The topological polar surface area (TPSA) is 89.6 Å². The predicted octanol–water partition coefficient (Wildman–Crippen LogP) is 2.86. The van der Waals surface area contributed by atoms with Gasteiger partial charge in [-0.05, 0) is 37.3 Å². The molecule has 1 unspecified atom stereocenters. The molecule has 0 bridgehead atoms. The first-order chi connectivity index (χ1) is 13.5. The molecule has 8 heteroatoms. The maximum absolute atomic E-state index is 12.4. The highest BCUT2D eigenvalue weighted by atomic mass is 32.2. The molecule has 0 fully saturated rings. The highest BCUT2D eigenvalue weighted by Gasteiger charge is 2.15. The van der Waals surface area contributed by atoms with Crippen molar-refractivity contribution in [3.8, 4) is 5.88 Å². The molecule has 0 aliphatic heterocycles. The molecule has 28 heavy (non-hydrogen) atoms. The number of methoxy groups -OCH3 is 1. The van der Waals surface area contributed by atoms with E-state index in [2.05, 4.69) is 15.6 Å². The van der Waals surface area contributed by atoms with Gasteiger partial charge < -0.3 is 20.1 Å². The van der Waals surface area contributed by atoms with E-state index < -0.39 is 0 Å². The third-order valence-corrected chi connectivity index (χ3v) is 4.80. The van der Waals surface area contributed by atoms with Crippen molar-refractivity contribution in [2.45, 2.75) is 30.5 Å². The molecule has 2 amide bonds. The molecule has 0 saturated heterocycles. The van der Waals surface area contributed by atoms with Crippen molar-refractivity contribution in [3.05, 3.63) is 48.2 Å². The summed E-state index contributed by atoms with van der Waals surface area (Å²) in [6.07, 6.45) is 1.65. The van der Waals surface area contributed by atoms with Gasteiger partial charge >= 0.3 is 0 Å².